The second-order valence-electron chi connectivity index (χ2n) is 11.5. The van der Waals surface area contributed by atoms with E-state index >= 15 is 0 Å². The number of carbonyl (C=O) groups is 4. The zero-order chi connectivity index (χ0) is 28.9. The fraction of sp³-hybridized carbons (Fsp3) is 0.419. The molecule has 2 aromatic carbocycles. The molecule has 0 spiro atoms. The van der Waals surface area contributed by atoms with Crippen molar-refractivity contribution in [1.82, 2.24) is 9.80 Å². The van der Waals surface area contributed by atoms with Crippen molar-refractivity contribution >= 4 is 31.7 Å². The van der Waals surface area contributed by atoms with Crippen molar-refractivity contribution in [2.24, 2.45) is 5.73 Å². The Morgan fingerprint density at radius 1 is 1.10 bits per heavy atom. The number of benzene rings is 2. The zero-order valence-corrected chi connectivity index (χ0v) is 24.5. The van der Waals surface area contributed by atoms with Gasteiger partial charge < -0.3 is 15.4 Å². The molecule has 8 nitrogen and oxygen atoms in total. The van der Waals surface area contributed by atoms with Crippen molar-refractivity contribution < 1.29 is 23.9 Å². The van der Waals surface area contributed by atoms with Crippen LogP contribution in [0.3, 0.4) is 0 Å². The molecule has 1 atom stereocenters. The number of carbonyl (C=O) groups excluding carboxylic acids is 4. The molecule has 40 heavy (non-hydrogen) atoms. The van der Waals surface area contributed by atoms with E-state index in [1.807, 2.05) is 24.3 Å². The molecule has 1 saturated heterocycles. The van der Waals surface area contributed by atoms with Crippen LogP contribution in [0.4, 0.5) is 0 Å². The molecule has 2 aromatic rings. The Labute approximate surface area is 236 Å². The van der Waals surface area contributed by atoms with E-state index in [1.165, 1.54) is 0 Å². The van der Waals surface area contributed by atoms with Crippen LogP contribution in [0, 0.1) is 11.8 Å². The summed E-state index contributed by atoms with van der Waals surface area (Å²) >= 11 is 0. The minimum atomic E-state index is -1.29. The number of ether oxygens (including phenoxy) is 1. The van der Waals surface area contributed by atoms with E-state index in [0.29, 0.717) is 37.1 Å². The Hall–Kier alpha value is -3.74. The first-order valence-electron chi connectivity index (χ1n) is 13.8. The van der Waals surface area contributed by atoms with Crippen molar-refractivity contribution in [1.29, 1.82) is 0 Å². The second kappa shape index (κ2) is 12.6. The van der Waals surface area contributed by atoms with E-state index in [2.05, 4.69) is 31.5 Å². The third-order valence-electron chi connectivity index (χ3n) is 7.30. The lowest BCUT2D eigenvalue weighted by atomic mass is 10.0. The van der Waals surface area contributed by atoms with Crippen LogP contribution >= 0.6 is 0 Å². The van der Waals surface area contributed by atoms with Gasteiger partial charge in [-0.2, -0.15) is 0 Å². The molecule has 0 radical (unpaired) electrons. The normalized spacial score (nSPS) is 17.1. The van der Waals surface area contributed by atoms with Crippen LogP contribution in [0.1, 0.15) is 63.1 Å². The fourth-order valence-corrected chi connectivity index (χ4v) is 5.63. The Kier molecular flexibility index (Phi) is 9.23. The Morgan fingerprint density at radius 2 is 1.85 bits per heavy atom. The van der Waals surface area contributed by atoms with E-state index in [4.69, 9.17) is 10.5 Å². The van der Waals surface area contributed by atoms with Gasteiger partial charge in [-0.05, 0) is 60.7 Å². The number of piperidine rings is 1. The van der Waals surface area contributed by atoms with Crippen LogP contribution in [-0.4, -0.2) is 60.9 Å². The standard InChI is InChI=1S/C31H37N3O5Si/c1-40(2,3)19-18-39-21-34-28(35)17-16-27(31(34)38)33-20-26-23(10-7-11-25(26)30(33)37)9-6-4-5-8-22-12-14-24(15-13-22)29(32)36/h7,10-15,27H,4-5,8,16-21H2,1-3H3,(H2,32,36). The van der Waals surface area contributed by atoms with E-state index < -0.39 is 20.0 Å². The highest BCUT2D eigenvalue weighted by molar-refractivity contribution is 6.76. The predicted octanol–water partition coefficient (Wildman–Crippen LogP) is 3.95. The molecule has 4 amide bonds. The predicted molar refractivity (Wildman–Crippen MR) is 155 cm³/mol. The van der Waals surface area contributed by atoms with Gasteiger partial charge in [-0.1, -0.05) is 49.7 Å². The number of imide groups is 1. The molecular formula is C31H37N3O5Si. The zero-order valence-electron chi connectivity index (χ0n) is 23.5. The van der Waals surface area contributed by atoms with E-state index in [0.717, 1.165) is 40.5 Å². The number of unbranched alkanes of at least 4 members (excludes halogenated alkanes) is 1. The number of aryl methyl sites for hydroxylation is 1. The maximum Gasteiger partial charge on any atom is 0.255 e. The van der Waals surface area contributed by atoms with Crippen LogP contribution in [0.25, 0.3) is 0 Å². The van der Waals surface area contributed by atoms with Crippen molar-refractivity contribution in [2.45, 2.75) is 70.4 Å². The van der Waals surface area contributed by atoms with Crippen LogP contribution in [0.5, 0.6) is 0 Å². The molecular weight excluding hydrogens is 522 g/mol. The largest absolute Gasteiger partial charge is 0.366 e. The molecule has 2 N–H and O–H groups in total. The summed E-state index contributed by atoms with van der Waals surface area (Å²) < 4.78 is 5.69. The number of fused-ring (bicyclic) bond motifs is 1. The molecule has 0 saturated carbocycles. The van der Waals surface area contributed by atoms with E-state index in [9.17, 15) is 19.2 Å². The van der Waals surface area contributed by atoms with Gasteiger partial charge in [-0.25, -0.2) is 0 Å². The first kappa shape index (κ1) is 29.2. The molecule has 4 rings (SSSR count). The van der Waals surface area contributed by atoms with Gasteiger partial charge in [0.2, 0.25) is 11.8 Å². The molecule has 210 valence electrons. The summed E-state index contributed by atoms with van der Waals surface area (Å²) in [5, 5.41) is 0. The lowest BCUT2D eigenvalue weighted by Crippen LogP contribution is -2.55. The minimum absolute atomic E-state index is 0.0698. The monoisotopic (exact) mass is 559 g/mol. The highest BCUT2D eigenvalue weighted by atomic mass is 28.3. The molecule has 2 aliphatic heterocycles. The first-order valence-corrected chi connectivity index (χ1v) is 17.5. The third kappa shape index (κ3) is 7.06. The average Bonchev–Trinajstić information content (AvgIpc) is 3.24. The smallest absolute Gasteiger partial charge is 0.255 e. The van der Waals surface area contributed by atoms with Crippen LogP contribution < -0.4 is 5.73 Å². The number of nitrogens with two attached hydrogens (primary N) is 1. The van der Waals surface area contributed by atoms with Crippen LogP contribution in [-0.2, 0) is 27.3 Å². The summed E-state index contributed by atoms with van der Waals surface area (Å²) in [7, 11) is -1.29. The van der Waals surface area contributed by atoms with Gasteiger partial charge >= 0.3 is 0 Å². The maximum absolute atomic E-state index is 13.3. The fourth-order valence-electron chi connectivity index (χ4n) is 4.88. The number of likely N-dealkylation sites (tertiary alicyclic amines) is 1. The molecule has 9 heteroatoms. The van der Waals surface area contributed by atoms with Gasteiger partial charge in [0, 0.05) is 50.8 Å². The molecule has 1 unspecified atom stereocenters. The van der Waals surface area contributed by atoms with Gasteiger partial charge in [0.05, 0.1) is 0 Å². The van der Waals surface area contributed by atoms with Crippen LogP contribution in [0.2, 0.25) is 25.7 Å². The summed E-state index contributed by atoms with van der Waals surface area (Å²) in [6.45, 7) is 7.46. The van der Waals surface area contributed by atoms with Gasteiger partial charge in [-0.3, -0.25) is 24.1 Å². The summed E-state index contributed by atoms with van der Waals surface area (Å²) in [4.78, 5) is 53.1. The summed E-state index contributed by atoms with van der Waals surface area (Å²) in [6, 6.07) is 13.0. The van der Waals surface area contributed by atoms with Crippen molar-refractivity contribution in [3.63, 3.8) is 0 Å². The van der Waals surface area contributed by atoms with E-state index in [1.54, 1.807) is 23.1 Å². The second-order valence-corrected chi connectivity index (χ2v) is 17.2. The molecule has 2 heterocycles. The number of rotatable bonds is 10. The SMILES string of the molecule is C[Si](C)(C)CCOCN1C(=O)CCC(N2Cc3c(C#CCCCc4ccc(C(N)=O)cc4)cccc3C2=O)C1=O. The highest BCUT2D eigenvalue weighted by Gasteiger charge is 2.43. The molecule has 0 aromatic heterocycles. The van der Waals surface area contributed by atoms with Gasteiger partial charge in [0.25, 0.3) is 11.8 Å². The van der Waals surface area contributed by atoms with Gasteiger partial charge in [0.1, 0.15) is 12.8 Å². The Bertz CT molecular complexity index is 1350. The maximum atomic E-state index is 13.3. The molecule has 0 bridgehead atoms. The molecule has 0 aliphatic carbocycles. The minimum Gasteiger partial charge on any atom is -0.366 e. The number of nitrogens with zero attached hydrogens (tertiary/aromatic N) is 2. The summed E-state index contributed by atoms with van der Waals surface area (Å²) in [6.07, 6.45) is 2.86. The lowest BCUT2D eigenvalue weighted by molar-refractivity contribution is -0.158. The Balaban J connectivity index is 1.36. The average molecular weight is 560 g/mol. The quantitative estimate of drug-likeness (QED) is 0.205. The number of hydrogen-bond acceptors (Lipinski definition) is 5. The third-order valence-corrected chi connectivity index (χ3v) is 9.01. The molecule has 1 fully saturated rings. The molecule has 2 aliphatic rings. The highest BCUT2D eigenvalue weighted by Crippen LogP contribution is 2.31. The van der Waals surface area contributed by atoms with Gasteiger partial charge in [0.15, 0.2) is 0 Å². The van der Waals surface area contributed by atoms with E-state index in [-0.39, 0.29) is 30.9 Å². The van der Waals surface area contributed by atoms with Crippen molar-refractivity contribution in [3.8, 4) is 11.8 Å². The number of amides is 4. The summed E-state index contributed by atoms with van der Waals surface area (Å²) in [5.74, 6) is 5.16. The number of primary amides is 1. The van der Waals surface area contributed by atoms with Crippen molar-refractivity contribution in [3.05, 3.63) is 70.3 Å². The Morgan fingerprint density at radius 3 is 2.55 bits per heavy atom. The summed E-state index contributed by atoms with van der Waals surface area (Å²) in [5.41, 5.74) is 9.06. The number of hydrogen-bond donors (Lipinski definition) is 1. The lowest BCUT2D eigenvalue weighted by Gasteiger charge is -2.35. The van der Waals surface area contributed by atoms with Crippen molar-refractivity contribution in [2.75, 3.05) is 13.3 Å². The topological polar surface area (TPSA) is 110 Å². The van der Waals surface area contributed by atoms with Crippen LogP contribution in [0.15, 0.2) is 42.5 Å². The first-order chi connectivity index (χ1) is 19.0. The van der Waals surface area contributed by atoms with Gasteiger partial charge in [-0.15, -0.1) is 0 Å².